The van der Waals surface area contributed by atoms with Crippen molar-refractivity contribution in [2.45, 2.75) is 45.4 Å². The van der Waals surface area contributed by atoms with E-state index in [-0.39, 0.29) is 23.6 Å². The van der Waals surface area contributed by atoms with E-state index in [1.54, 1.807) is 0 Å². The monoisotopic (exact) mass is 344 g/mol. The fourth-order valence-electron chi connectivity index (χ4n) is 2.30. The molecule has 0 fully saturated rings. The van der Waals surface area contributed by atoms with Gasteiger partial charge in [-0.05, 0) is 60.2 Å². The third kappa shape index (κ3) is 5.89. The molecule has 0 atom stereocenters. The van der Waals surface area contributed by atoms with Crippen LogP contribution in [0.4, 0.5) is 4.39 Å². The molecule has 0 aliphatic rings. The summed E-state index contributed by atoms with van der Waals surface area (Å²) in [6.45, 7) is 7.05. The molecule has 0 aromatic heterocycles. The molecule has 2 rings (SSSR count). The van der Waals surface area contributed by atoms with Crippen molar-refractivity contribution in [3.63, 3.8) is 0 Å². The van der Waals surface area contributed by atoms with Gasteiger partial charge in [-0.1, -0.05) is 32.9 Å². The van der Waals surface area contributed by atoms with Crippen molar-refractivity contribution in [3.8, 4) is 11.5 Å². The van der Waals surface area contributed by atoms with Gasteiger partial charge in [0.2, 0.25) is 0 Å². The van der Waals surface area contributed by atoms with Crippen LogP contribution < -0.4 is 9.47 Å². The van der Waals surface area contributed by atoms with Crippen molar-refractivity contribution < 1.29 is 18.7 Å². The fourth-order valence-corrected chi connectivity index (χ4v) is 2.30. The van der Waals surface area contributed by atoms with E-state index in [1.165, 1.54) is 29.8 Å². The van der Waals surface area contributed by atoms with Crippen LogP contribution in [0.15, 0.2) is 48.5 Å². The first-order valence-electron chi connectivity index (χ1n) is 8.60. The second-order valence-corrected chi connectivity index (χ2v) is 6.64. The second-order valence-electron chi connectivity index (χ2n) is 6.64. The van der Waals surface area contributed by atoms with Crippen molar-refractivity contribution >= 4 is 5.97 Å². The van der Waals surface area contributed by atoms with Crippen LogP contribution >= 0.6 is 0 Å². The van der Waals surface area contributed by atoms with Crippen LogP contribution in [0.3, 0.4) is 0 Å². The molecule has 0 radical (unpaired) electrons. The summed E-state index contributed by atoms with van der Waals surface area (Å²) in [6, 6.07) is 13.5. The standard InChI is InChI=1S/C21H25FO3/c1-4-21(2,3)16-7-11-18(12-8-16)24-15-5-6-20(23)25-19-13-9-17(22)10-14-19/h7-14H,4-6,15H2,1-3H3. The normalized spacial score (nSPS) is 11.2. The third-order valence-electron chi connectivity index (χ3n) is 4.36. The maximum atomic E-state index is 12.8. The Labute approximate surface area is 148 Å². The highest BCUT2D eigenvalue weighted by atomic mass is 19.1. The zero-order valence-corrected chi connectivity index (χ0v) is 15.0. The molecule has 4 heteroatoms. The zero-order valence-electron chi connectivity index (χ0n) is 15.0. The molecule has 0 N–H and O–H groups in total. The average molecular weight is 344 g/mol. The third-order valence-corrected chi connectivity index (χ3v) is 4.36. The Hall–Kier alpha value is -2.36. The predicted molar refractivity (Wildman–Crippen MR) is 96.5 cm³/mol. The summed E-state index contributed by atoms with van der Waals surface area (Å²) in [6.07, 6.45) is 1.88. The summed E-state index contributed by atoms with van der Waals surface area (Å²) < 4.78 is 23.6. The van der Waals surface area contributed by atoms with E-state index in [2.05, 4.69) is 32.9 Å². The highest BCUT2D eigenvalue weighted by molar-refractivity contribution is 5.72. The van der Waals surface area contributed by atoms with Gasteiger partial charge in [-0.3, -0.25) is 4.79 Å². The largest absolute Gasteiger partial charge is 0.494 e. The first-order valence-corrected chi connectivity index (χ1v) is 8.60. The number of hydrogen-bond donors (Lipinski definition) is 0. The first-order chi connectivity index (χ1) is 11.9. The lowest BCUT2D eigenvalue weighted by Gasteiger charge is -2.23. The number of hydrogen-bond acceptors (Lipinski definition) is 3. The van der Waals surface area contributed by atoms with E-state index in [0.29, 0.717) is 18.8 Å². The van der Waals surface area contributed by atoms with Crippen LogP contribution in [0, 0.1) is 5.82 Å². The lowest BCUT2D eigenvalue weighted by molar-refractivity contribution is -0.134. The molecule has 134 valence electrons. The van der Waals surface area contributed by atoms with Gasteiger partial charge >= 0.3 is 5.97 Å². The Morgan fingerprint density at radius 1 is 1.00 bits per heavy atom. The fraction of sp³-hybridized carbons (Fsp3) is 0.381. The maximum absolute atomic E-state index is 12.8. The molecule has 3 nitrogen and oxygen atoms in total. The number of carbonyl (C=O) groups excluding carboxylic acids is 1. The summed E-state index contributed by atoms with van der Waals surface area (Å²) in [7, 11) is 0. The molecule has 0 spiro atoms. The minimum absolute atomic E-state index is 0.155. The number of benzene rings is 2. The average Bonchev–Trinajstić information content (AvgIpc) is 2.61. The van der Waals surface area contributed by atoms with Crippen molar-refractivity contribution in [2.75, 3.05) is 6.61 Å². The van der Waals surface area contributed by atoms with Crippen molar-refractivity contribution in [1.29, 1.82) is 0 Å². The quantitative estimate of drug-likeness (QED) is 0.371. The van der Waals surface area contributed by atoms with Gasteiger partial charge in [0.05, 0.1) is 6.61 Å². The molecule has 0 aliphatic heterocycles. The van der Waals surface area contributed by atoms with Crippen LogP contribution in [0.25, 0.3) is 0 Å². The number of ether oxygens (including phenoxy) is 2. The number of esters is 1. The van der Waals surface area contributed by atoms with Gasteiger partial charge in [-0.15, -0.1) is 0 Å². The molecular weight excluding hydrogens is 319 g/mol. The van der Waals surface area contributed by atoms with E-state index in [0.717, 1.165) is 12.2 Å². The van der Waals surface area contributed by atoms with E-state index in [4.69, 9.17) is 9.47 Å². The summed E-state index contributed by atoms with van der Waals surface area (Å²) >= 11 is 0. The summed E-state index contributed by atoms with van der Waals surface area (Å²) in [5.74, 6) is 0.431. The molecule has 2 aromatic carbocycles. The highest BCUT2D eigenvalue weighted by Crippen LogP contribution is 2.28. The molecule has 25 heavy (non-hydrogen) atoms. The van der Waals surface area contributed by atoms with Gasteiger partial charge in [0.15, 0.2) is 0 Å². The lowest BCUT2D eigenvalue weighted by atomic mass is 9.82. The molecule has 0 amide bonds. The number of halogens is 1. The van der Waals surface area contributed by atoms with Crippen molar-refractivity contribution in [3.05, 3.63) is 59.9 Å². The maximum Gasteiger partial charge on any atom is 0.311 e. The Kier molecular flexibility index (Phi) is 6.57. The molecule has 0 saturated heterocycles. The molecule has 0 aliphatic carbocycles. The summed E-state index contributed by atoms with van der Waals surface area (Å²) in [5.41, 5.74) is 1.44. The molecular formula is C21H25FO3. The van der Waals surface area contributed by atoms with Crippen LogP contribution in [0.2, 0.25) is 0 Å². The number of carbonyl (C=O) groups is 1. The Morgan fingerprint density at radius 2 is 1.60 bits per heavy atom. The van der Waals surface area contributed by atoms with Crippen LogP contribution in [-0.2, 0) is 10.2 Å². The van der Waals surface area contributed by atoms with Gasteiger partial charge in [0.25, 0.3) is 0 Å². The number of rotatable bonds is 8. The van der Waals surface area contributed by atoms with Crippen LogP contribution in [-0.4, -0.2) is 12.6 Å². The van der Waals surface area contributed by atoms with Crippen molar-refractivity contribution in [1.82, 2.24) is 0 Å². The molecule has 0 saturated carbocycles. The van der Waals surface area contributed by atoms with E-state index in [1.807, 2.05) is 12.1 Å². The van der Waals surface area contributed by atoms with Gasteiger partial charge in [-0.25, -0.2) is 4.39 Å². The van der Waals surface area contributed by atoms with Gasteiger partial charge in [-0.2, -0.15) is 0 Å². The van der Waals surface area contributed by atoms with Crippen LogP contribution in [0.1, 0.15) is 45.6 Å². The van der Waals surface area contributed by atoms with Crippen molar-refractivity contribution in [2.24, 2.45) is 0 Å². The molecule has 0 heterocycles. The minimum atomic E-state index is -0.360. The SMILES string of the molecule is CCC(C)(C)c1ccc(OCCCC(=O)Oc2ccc(F)cc2)cc1. The lowest BCUT2D eigenvalue weighted by Crippen LogP contribution is -2.15. The van der Waals surface area contributed by atoms with E-state index in [9.17, 15) is 9.18 Å². The summed E-state index contributed by atoms with van der Waals surface area (Å²) in [5, 5.41) is 0. The van der Waals surface area contributed by atoms with Gasteiger partial charge < -0.3 is 9.47 Å². The Balaban J connectivity index is 1.72. The highest BCUT2D eigenvalue weighted by Gasteiger charge is 2.17. The zero-order chi connectivity index (χ0) is 18.3. The van der Waals surface area contributed by atoms with E-state index < -0.39 is 0 Å². The smallest absolute Gasteiger partial charge is 0.311 e. The topological polar surface area (TPSA) is 35.5 Å². The Morgan fingerprint density at radius 3 is 2.20 bits per heavy atom. The first kappa shape index (κ1) is 19.0. The molecule has 2 aromatic rings. The summed E-state index contributed by atoms with van der Waals surface area (Å²) in [4.78, 5) is 11.7. The Bertz CT molecular complexity index is 675. The second kappa shape index (κ2) is 8.65. The van der Waals surface area contributed by atoms with E-state index >= 15 is 0 Å². The van der Waals surface area contributed by atoms with Gasteiger partial charge in [0.1, 0.15) is 17.3 Å². The molecule has 0 unspecified atom stereocenters. The predicted octanol–water partition coefficient (Wildman–Crippen LogP) is 5.28. The minimum Gasteiger partial charge on any atom is -0.494 e. The molecule has 0 bridgehead atoms. The van der Waals surface area contributed by atoms with Gasteiger partial charge in [0, 0.05) is 6.42 Å². The van der Waals surface area contributed by atoms with Crippen LogP contribution in [0.5, 0.6) is 11.5 Å².